The van der Waals surface area contributed by atoms with E-state index in [-0.39, 0.29) is 30.1 Å². The van der Waals surface area contributed by atoms with Gasteiger partial charge in [-0.05, 0) is 30.7 Å². The van der Waals surface area contributed by atoms with E-state index >= 15 is 0 Å². The summed E-state index contributed by atoms with van der Waals surface area (Å²) < 4.78 is 58.6. The molecule has 1 atom stereocenters. The summed E-state index contributed by atoms with van der Waals surface area (Å²) in [5.41, 5.74) is 4.12. The van der Waals surface area contributed by atoms with Gasteiger partial charge in [0.1, 0.15) is 11.4 Å². The lowest BCUT2D eigenvalue weighted by atomic mass is 9.99. The van der Waals surface area contributed by atoms with Gasteiger partial charge < -0.3 is 21.1 Å². The molecule has 1 fully saturated rings. The third-order valence-electron chi connectivity index (χ3n) is 4.51. The van der Waals surface area contributed by atoms with E-state index in [4.69, 9.17) is 10.5 Å². The number of amides is 1. The molecule has 0 spiro atoms. The lowest BCUT2D eigenvalue weighted by Crippen LogP contribution is -2.54. The van der Waals surface area contributed by atoms with Crippen LogP contribution in [0.4, 0.5) is 28.9 Å². The van der Waals surface area contributed by atoms with E-state index in [9.17, 15) is 22.4 Å². The van der Waals surface area contributed by atoms with Crippen molar-refractivity contribution in [2.75, 3.05) is 18.5 Å². The topological polar surface area (TPSA) is 76.4 Å². The Morgan fingerprint density at radius 3 is 2.61 bits per heavy atom. The van der Waals surface area contributed by atoms with E-state index in [0.717, 1.165) is 12.1 Å². The van der Waals surface area contributed by atoms with Crippen molar-refractivity contribution < 1.29 is 27.1 Å². The fraction of sp³-hybridized carbons (Fsp3) is 0.316. The predicted molar refractivity (Wildman–Crippen MR) is 95.3 cm³/mol. The molecule has 1 heterocycles. The molecule has 0 unspecified atom stereocenters. The number of anilines is 2. The van der Waals surface area contributed by atoms with Gasteiger partial charge in [0, 0.05) is 24.4 Å². The van der Waals surface area contributed by atoms with Crippen LogP contribution in [0, 0.1) is 5.82 Å². The molecule has 5 nitrogen and oxygen atoms in total. The van der Waals surface area contributed by atoms with Gasteiger partial charge in [0.25, 0.3) is 0 Å². The number of carbonyl (C=O) groups is 1. The molecular weight excluding hydrogens is 378 g/mol. The highest BCUT2D eigenvalue weighted by atomic mass is 19.4. The lowest BCUT2D eigenvalue weighted by molar-refractivity contribution is -0.137. The maximum Gasteiger partial charge on any atom is 0.418 e. The Morgan fingerprint density at radius 1 is 1.21 bits per heavy atom. The van der Waals surface area contributed by atoms with Gasteiger partial charge in [-0.15, -0.1) is 0 Å². The lowest BCUT2D eigenvalue weighted by Gasteiger charge is -2.20. The van der Waals surface area contributed by atoms with E-state index in [1.807, 2.05) is 0 Å². The summed E-state index contributed by atoms with van der Waals surface area (Å²) in [6.07, 6.45) is -4.16. The summed E-state index contributed by atoms with van der Waals surface area (Å²) in [6.45, 7) is 0.393. The molecule has 1 saturated heterocycles. The minimum atomic E-state index is -4.53. The van der Waals surface area contributed by atoms with Crippen molar-refractivity contribution in [3.05, 3.63) is 59.4 Å². The fourth-order valence-corrected chi connectivity index (χ4v) is 2.87. The van der Waals surface area contributed by atoms with Crippen molar-refractivity contribution in [2.24, 2.45) is 5.73 Å². The Balaban J connectivity index is 1.69. The molecule has 3 rings (SSSR count). The summed E-state index contributed by atoms with van der Waals surface area (Å²) in [4.78, 5) is 12.1. The molecule has 0 aromatic heterocycles. The van der Waals surface area contributed by atoms with Crippen LogP contribution in [0.2, 0.25) is 0 Å². The van der Waals surface area contributed by atoms with Crippen molar-refractivity contribution in [2.45, 2.75) is 24.7 Å². The van der Waals surface area contributed by atoms with Gasteiger partial charge in [-0.2, -0.15) is 13.2 Å². The van der Waals surface area contributed by atoms with Crippen molar-refractivity contribution in [3.8, 4) is 0 Å². The number of para-hydroxylation sites is 1. The molecule has 0 bridgehead atoms. The van der Waals surface area contributed by atoms with Gasteiger partial charge in [-0.25, -0.2) is 4.39 Å². The number of halogens is 4. The number of ether oxygens (including phenoxy) is 1. The third-order valence-corrected chi connectivity index (χ3v) is 4.51. The van der Waals surface area contributed by atoms with Crippen LogP contribution < -0.4 is 16.4 Å². The van der Waals surface area contributed by atoms with E-state index in [2.05, 4.69) is 10.6 Å². The normalized spacial score (nSPS) is 19.5. The van der Waals surface area contributed by atoms with E-state index in [1.165, 1.54) is 30.3 Å². The first-order valence-electron chi connectivity index (χ1n) is 8.56. The molecule has 0 aliphatic carbocycles. The summed E-state index contributed by atoms with van der Waals surface area (Å²) in [7, 11) is 0. The summed E-state index contributed by atoms with van der Waals surface area (Å²) in [6, 6.07) is 8.84. The van der Waals surface area contributed by atoms with Crippen molar-refractivity contribution in [1.82, 2.24) is 5.32 Å². The minimum Gasteiger partial charge on any atom is -0.379 e. The number of hydrogen-bond acceptors (Lipinski definition) is 4. The van der Waals surface area contributed by atoms with E-state index in [1.54, 1.807) is 0 Å². The van der Waals surface area contributed by atoms with Crippen LogP contribution in [0.1, 0.15) is 17.5 Å². The molecule has 9 heteroatoms. The van der Waals surface area contributed by atoms with E-state index < -0.39 is 29.0 Å². The van der Waals surface area contributed by atoms with Gasteiger partial charge >= 0.3 is 6.18 Å². The Bertz CT molecular complexity index is 864. The quantitative estimate of drug-likeness (QED) is 0.677. The van der Waals surface area contributed by atoms with Gasteiger partial charge in [0.15, 0.2) is 0 Å². The number of hydrogen-bond donors (Lipinski definition) is 3. The van der Waals surface area contributed by atoms with Crippen LogP contribution in [-0.4, -0.2) is 24.7 Å². The largest absolute Gasteiger partial charge is 0.418 e. The average Bonchev–Trinajstić information content (AvgIpc) is 3.08. The number of alkyl halides is 3. The summed E-state index contributed by atoms with van der Waals surface area (Å²) in [5, 5.41) is 5.15. The second-order valence-corrected chi connectivity index (χ2v) is 6.62. The molecule has 28 heavy (non-hydrogen) atoms. The first-order valence-corrected chi connectivity index (χ1v) is 8.56. The van der Waals surface area contributed by atoms with Gasteiger partial charge in [-0.3, -0.25) is 4.79 Å². The molecule has 1 aliphatic heterocycles. The first kappa shape index (κ1) is 20.1. The molecule has 0 radical (unpaired) electrons. The maximum absolute atomic E-state index is 14.3. The average molecular weight is 397 g/mol. The van der Waals surface area contributed by atoms with Crippen LogP contribution in [0.15, 0.2) is 42.5 Å². The van der Waals surface area contributed by atoms with Crippen LogP contribution in [0.5, 0.6) is 0 Å². The molecule has 2 aromatic carbocycles. The number of benzene rings is 2. The van der Waals surface area contributed by atoms with Crippen molar-refractivity contribution in [3.63, 3.8) is 0 Å². The highest BCUT2D eigenvalue weighted by Gasteiger charge is 2.38. The molecule has 1 aliphatic rings. The summed E-state index contributed by atoms with van der Waals surface area (Å²) in [5.74, 6) is -1.10. The summed E-state index contributed by atoms with van der Waals surface area (Å²) >= 11 is 0. The van der Waals surface area contributed by atoms with Crippen LogP contribution in [0.3, 0.4) is 0 Å². The van der Waals surface area contributed by atoms with Crippen LogP contribution in [0.25, 0.3) is 0 Å². The van der Waals surface area contributed by atoms with E-state index in [0.29, 0.717) is 13.0 Å². The Labute approximate surface area is 158 Å². The second-order valence-electron chi connectivity index (χ2n) is 6.62. The SMILES string of the molecule is N[C@@]1(C(=O)NCc2ccc(Nc3ccccc3C(F)(F)F)cc2F)CCOC1. The second kappa shape index (κ2) is 7.76. The Morgan fingerprint density at radius 2 is 1.96 bits per heavy atom. The zero-order valence-corrected chi connectivity index (χ0v) is 14.8. The predicted octanol–water partition coefficient (Wildman–Crippen LogP) is 3.32. The van der Waals surface area contributed by atoms with Crippen molar-refractivity contribution >= 4 is 17.3 Å². The Hall–Kier alpha value is -2.65. The smallest absolute Gasteiger partial charge is 0.379 e. The van der Waals surface area contributed by atoms with Crippen LogP contribution in [-0.2, 0) is 22.3 Å². The highest BCUT2D eigenvalue weighted by Crippen LogP contribution is 2.36. The minimum absolute atomic E-state index is 0.0942. The fourth-order valence-electron chi connectivity index (χ4n) is 2.87. The van der Waals surface area contributed by atoms with Gasteiger partial charge in [-0.1, -0.05) is 18.2 Å². The van der Waals surface area contributed by atoms with Crippen LogP contribution >= 0.6 is 0 Å². The maximum atomic E-state index is 14.3. The third kappa shape index (κ3) is 4.42. The van der Waals surface area contributed by atoms with Crippen molar-refractivity contribution in [1.29, 1.82) is 0 Å². The number of nitrogens with one attached hydrogen (secondary N) is 2. The molecule has 2 aromatic rings. The highest BCUT2D eigenvalue weighted by molar-refractivity contribution is 5.86. The zero-order chi connectivity index (χ0) is 20.4. The molecule has 1 amide bonds. The first-order chi connectivity index (χ1) is 13.2. The van der Waals surface area contributed by atoms with Gasteiger partial charge in [0.05, 0.1) is 17.9 Å². The standard InChI is InChI=1S/C19H19F4N3O2/c20-15-9-13(26-16-4-2-1-3-14(16)19(21,22)23)6-5-12(15)10-25-17(27)18(24)7-8-28-11-18/h1-6,9,26H,7-8,10-11,24H2,(H,25,27)/t18-/m0/s1. The molecule has 0 saturated carbocycles. The number of rotatable bonds is 5. The molecular formula is C19H19F4N3O2. The zero-order valence-electron chi connectivity index (χ0n) is 14.8. The Kier molecular flexibility index (Phi) is 5.57. The number of carbonyl (C=O) groups excluding carboxylic acids is 1. The monoisotopic (exact) mass is 397 g/mol. The number of nitrogens with two attached hydrogens (primary N) is 1. The molecule has 4 N–H and O–H groups in total. The molecule has 150 valence electrons. The van der Waals surface area contributed by atoms with Gasteiger partial charge in [0.2, 0.25) is 5.91 Å².